The summed E-state index contributed by atoms with van der Waals surface area (Å²) >= 11 is 0. The third kappa shape index (κ3) is 4.52. The first-order valence-corrected chi connectivity index (χ1v) is 6.60. The van der Waals surface area contributed by atoms with E-state index in [0.717, 1.165) is 18.8 Å². The lowest BCUT2D eigenvalue weighted by molar-refractivity contribution is -0.137. The minimum atomic E-state index is -0.771. The summed E-state index contributed by atoms with van der Waals surface area (Å²) in [5.74, 6) is 0.495. The molecule has 1 aliphatic rings. The van der Waals surface area contributed by atoms with Gasteiger partial charge in [0.25, 0.3) is 0 Å². The smallest absolute Gasteiger partial charge is 0.304 e. The molecule has 3 heteroatoms. The van der Waals surface area contributed by atoms with Crippen molar-refractivity contribution in [3.05, 3.63) is 0 Å². The summed E-state index contributed by atoms with van der Waals surface area (Å²) in [5, 5.41) is 8.73. The predicted octanol–water partition coefficient (Wildman–Crippen LogP) is 2.79. The number of rotatable bonds is 7. The van der Waals surface area contributed by atoms with E-state index in [0.29, 0.717) is 5.92 Å². The zero-order chi connectivity index (χ0) is 12.0. The Morgan fingerprint density at radius 3 is 2.56 bits per heavy atom. The van der Waals surface area contributed by atoms with Crippen LogP contribution < -0.4 is 5.73 Å². The van der Waals surface area contributed by atoms with Crippen LogP contribution in [0, 0.1) is 11.8 Å². The lowest BCUT2D eigenvalue weighted by Crippen LogP contribution is -2.32. The molecule has 0 aromatic heterocycles. The summed E-state index contributed by atoms with van der Waals surface area (Å²) in [4.78, 5) is 10.6. The summed E-state index contributed by atoms with van der Waals surface area (Å²) in [7, 11) is 0. The van der Waals surface area contributed by atoms with E-state index in [1.165, 1.54) is 32.1 Å². The molecule has 1 aliphatic carbocycles. The highest BCUT2D eigenvalue weighted by atomic mass is 16.4. The maximum atomic E-state index is 10.6. The third-order valence-electron chi connectivity index (χ3n) is 3.96. The minimum absolute atomic E-state index is 0.114. The van der Waals surface area contributed by atoms with E-state index in [1.807, 2.05) is 0 Å². The largest absolute Gasteiger partial charge is 0.481 e. The van der Waals surface area contributed by atoms with Crippen LogP contribution in [0.5, 0.6) is 0 Å². The molecule has 1 saturated carbocycles. The number of nitrogens with two attached hydrogens (primary N) is 1. The summed E-state index contributed by atoms with van der Waals surface area (Å²) in [5.41, 5.74) is 5.93. The Labute approximate surface area is 98.4 Å². The topological polar surface area (TPSA) is 63.3 Å². The fourth-order valence-electron chi connectivity index (χ4n) is 2.84. The van der Waals surface area contributed by atoms with Gasteiger partial charge in [-0.15, -0.1) is 0 Å². The van der Waals surface area contributed by atoms with Crippen LogP contribution in [0.3, 0.4) is 0 Å². The number of carbonyl (C=O) groups is 1. The van der Waals surface area contributed by atoms with Gasteiger partial charge >= 0.3 is 5.97 Å². The molecular formula is C13H25NO2. The molecule has 0 heterocycles. The lowest BCUT2D eigenvalue weighted by Gasteiger charge is -2.22. The van der Waals surface area contributed by atoms with Crippen molar-refractivity contribution in [3.8, 4) is 0 Å². The van der Waals surface area contributed by atoms with Gasteiger partial charge in [0.1, 0.15) is 0 Å². The molecule has 0 aromatic rings. The van der Waals surface area contributed by atoms with E-state index in [4.69, 9.17) is 10.8 Å². The molecule has 16 heavy (non-hydrogen) atoms. The van der Waals surface area contributed by atoms with Crippen molar-refractivity contribution >= 4 is 5.97 Å². The van der Waals surface area contributed by atoms with E-state index in [1.54, 1.807) is 0 Å². The standard InChI is InChI=1S/C13H25NO2/c1-2-11(12(14)9-13(15)16)8-7-10-5-3-4-6-10/h10-12H,2-9,14H2,1H3,(H,15,16). The number of hydrogen-bond acceptors (Lipinski definition) is 2. The fraction of sp³-hybridized carbons (Fsp3) is 0.923. The van der Waals surface area contributed by atoms with Gasteiger partial charge in [0, 0.05) is 6.04 Å². The van der Waals surface area contributed by atoms with Crippen LogP contribution in [0.15, 0.2) is 0 Å². The minimum Gasteiger partial charge on any atom is -0.481 e. The number of hydrogen-bond donors (Lipinski definition) is 2. The Hall–Kier alpha value is -0.570. The van der Waals surface area contributed by atoms with E-state index in [-0.39, 0.29) is 12.5 Å². The number of aliphatic carboxylic acids is 1. The van der Waals surface area contributed by atoms with Gasteiger partial charge in [0.05, 0.1) is 6.42 Å². The van der Waals surface area contributed by atoms with Crippen LogP contribution >= 0.6 is 0 Å². The average molecular weight is 227 g/mol. The Morgan fingerprint density at radius 1 is 1.44 bits per heavy atom. The summed E-state index contributed by atoms with van der Waals surface area (Å²) in [6.45, 7) is 2.11. The molecule has 3 N–H and O–H groups in total. The summed E-state index contributed by atoms with van der Waals surface area (Å²) in [6, 6.07) is -0.163. The molecule has 0 radical (unpaired) electrons. The zero-order valence-corrected chi connectivity index (χ0v) is 10.3. The SMILES string of the molecule is CCC(CCC1CCCC1)C(N)CC(=O)O. The molecule has 3 nitrogen and oxygen atoms in total. The molecule has 0 spiro atoms. The van der Waals surface area contributed by atoms with Crippen molar-refractivity contribution in [2.45, 2.75) is 64.3 Å². The van der Waals surface area contributed by atoms with Gasteiger partial charge in [0.2, 0.25) is 0 Å². The van der Waals surface area contributed by atoms with Crippen LogP contribution in [0.4, 0.5) is 0 Å². The monoisotopic (exact) mass is 227 g/mol. The zero-order valence-electron chi connectivity index (χ0n) is 10.3. The van der Waals surface area contributed by atoms with Crippen molar-refractivity contribution in [1.29, 1.82) is 0 Å². The second-order valence-electron chi connectivity index (χ2n) is 5.16. The molecule has 0 aliphatic heterocycles. The average Bonchev–Trinajstić information content (AvgIpc) is 2.70. The van der Waals surface area contributed by atoms with Crippen LogP contribution in [-0.2, 0) is 4.79 Å². The van der Waals surface area contributed by atoms with Crippen LogP contribution in [0.1, 0.15) is 58.3 Å². The second-order valence-corrected chi connectivity index (χ2v) is 5.16. The normalized spacial score (nSPS) is 20.9. The van der Waals surface area contributed by atoms with E-state index < -0.39 is 5.97 Å². The van der Waals surface area contributed by atoms with Gasteiger partial charge in [0.15, 0.2) is 0 Å². The quantitative estimate of drug-likeness (QED) is 0.703. The predicted molar refractivity (Wildman–Crippen MR) is 65.2 cm³/mol. The Kier molecular flexibility index (Phi) is 5.81. The van der Waals surface area contributed by atoms with Crippen molar-refractivity contribution in [3.63, 3.8) is 0 Å². The molecule has 1 rings (SSSR count). The fourth-order valence-corrected chi connectivity index (χ4v) is 2.84. The first kappa shape index (κ1) is 13.5. The van der Waals surface area contributed by atoms with Gasteiger partial charge < -0.3 is 10.8 Å². The van der Waals surface area contributed by atoms with Crippen LogP contribution in [0.25, 0.3) is 0 Å². The van der Waals surface area contributed by atoms with Gasteiger partial charge in [-0.3, -0.25) is 4.79 Å². The summed E-state index contributed by atoms with van der Waals surface area (Å²) in [6.07, 6.45) is 8.95. The van der Waals surface area contributed by atoms with Crippen LogP contribution in [-0.4, -0.2) is 17.1 Å². The van der Waals surface area contributed by atoms with E-state index in [9.17, 15) is 4.79 Å². The molecular weight excluding hydrogens is 202 g/mol. The Bertz CT molecular complexity index is 212. The Balaban J connectivity index is 2.26. The first-order chi connectivity index (χ1) is 7.63. The second kappa shape index (κ2) is 6.89. The molecule has 0 aromatic carbocycles. The van der Waals surface area contributed by atoms with Gasteiger partial charge in [-0.2, -0.15) is 0 Å². The molecule has 0 amide bonds. The van der Waals surface area contributed by atoms with Crippen molar-refractivity contribution in [1.82, 2.24) is 0 Å². The highest BCUT2D eigenvalue weighted by molar-refractivity contribution is 5.67. The summed E-state index contributed by atoms with van der Waals surface area (Å²) < 4.78 is 0. The highest BCUT2D eigenvalue weighted by Gasteiger charge is 2.21. The maximum absolute atomic E-state index is 10.6. The molecule has 0 saturated heterocycles. The Morgan fingerprint density at radius 2 is 2.06 bits per heavy atom. The molecule has 2 unspecified atom stereocenters. The van der Waals surface area contributed by atoms with Crippen molar-refractivity contribution in [2.75, 3.05) is 0 Å². The highest BCUT2D eigenvalue weighted by Crippen LogP contribution is 2.31. The molecule has 94 valence electrons. The van der Waals surface area contributed by atoms with Crippen molar-refractivity contribution < 1.29 is 9.90 Å². The number of carboxylic acids is 1. The molecule has 2 atom stereocenters. The molecule has 1 fully saturated rings. The molecule has 0 bridgehead atoms. The van der Waals surface area contributed by atoms with E-state index >= 15 is 0 Å². The maximum Gasteiger partial charge on any atom is 0.304 e. The van der Waals surface area contributed by atoms with Gasteiger partial charge in [-0.25, -0.2) is 0 Å². The number of carboxylic acid groups (broad SMARTS) is 1. The first-order valence-electron chi connectivity index (χ1n) is 6.60. The van der Waals surface area contributed by atoms with E-state index in [2.05, 4.69) is 6.92 Å². The van der Waals surface area contributed by atoms with Gasteiger partial charge in [-0.05, 0) is 18.3 Å². The third-order valence-corrected chi connectivity index (χ3v) is 3.96. The van der Waals surface area contributed by atoms with Crippen LogP contribution in [0.2, 0.25) is 0 Å². The van der Waals surface area contributed by atoms with Crippen molar-refractivity contribution in [2.24, 2.45) is 17.6 Å². The van der Waals surface area contributed by atoms with Gasteiger partial charge in [-0.1, -0.05) is 45.4 Å². The lowest BCUT2D eigenvalue weighted by atomic mass is 9.87.